The lowest BCUT2D eigenvalue weighted by atomic mass is 9.85. The summed E-state index contributed by atoms with van der Waals surface area (Å²) >= 11 is 0. The minimum absolute atomic E-state index is 0.0159. The van der Waals surface area contributed by atoms with Gasteiger partial charge >= 0.3 is 17.9 Å². The molecule has 0 saturated carbocycles. The number of aliphatic carboxylic acids is 1. The first-order valence-corrected chi connectivity index (χ1v) is 16.2. The van der Waals surface area contributed by atoms with Gasteiger partial charge in [-0.3, -0.25) is 9.59 Å². The van der Waals surface area contributed by atoms with Crippen LogP contribution in [0.1, 0.15) is 48.6 Å². The number of esters is 2. The van der Waals surface area contributed by atoms with E-state index in [0.29, 0.717) is 74.0 Å². The Bertz CT molecular complexity index is 1920. The number of para-hydroxylation sites is 1. The van der Waals surface area contributed by atoms with Crippen molar-refractivity contribution in [2.45, 2.75) is 57.9 Å². The highest BCUT2D eigenvalue weighted by Crippen LogP contribution is 2.41. The van der Waals surface area contributed by atoms with E-state index in [1.807, 2.05) is 30.3 Å². The van der Waals surface area contributed by atoms with Crippen LogP contribution < -0.4 is 5.56 Å². The van der Waals surface area contributed by atoms with E-state index in [4.69, 9.17) is 33.8 Å². The number of hydrogen-bond acceptors (Lipinski definition) is 12. The molecule has 15 nitrogen and oxygen atoms in total. The molecule has 2 aliphatic heterocycles. The molecule has 5 heterocycles. The molecule has 0 spiro atoms. The van der Waals surface area contributed by atoms with Gasteiger partial charge in [0.15, 0.2) is 0 Å². The molecule has 2 aliphatic rings. The van der Waals surface area contributed by atoms with Crippen LogP contribution in [0.3, 0.4) is 0 Å². The third-order valence-electron chi connectivity index (χ3n) is 8.51. The normalized spacial score (nSPS) is 16.2. The smallest absolute Gasteiger partial charge is 0.355 e. The molecule has 1 N–H and O–H groups in total. The summed E-state index contributed by atoms with van der Waals surface area (Å²) in [6, 6.07) is 11.5. The molecule has 0 bridgehead atoms. The number of carbonyl (C=O) groups is 3. The van der Waals surface area contributed by atoms with Crippen molar-refractivity contribution in [1.82, 2.24) is 24.5 Å². The van der Waals surface area contributed by atoms with Gasteiger partial charge in [0, 0.05) is 29.1 Å². The van der Waals surface area contributed by atoms with Crippen LogP contribution >= 0.6 is 0 Å². The van der Waals surface area contributed by atoms with E-state index in [1.54, 1.807) is 28.4 Å². The van der Waals surface area contributed by atoms with E-state index in [-0.39, 0.29) is 44.8 Å². The number of aromatic nitrogens is 5. The van der Waals surface area contributed by atoms with Gasteiger partial charge in [-0.2, -0.15) is 0 Å². The van der Waals surface area contributed by atoms with Crippen LogP contribution in [0.2, 0.25) is 0 Å². The van der Waals surface area contributed by atoms with E-state index in [9.17, 15) is 19.2 Å². The van der Waals surface area contributed by atoms with Gasteiger partial charge in [0.2, 0.25) is 5.60 Å². The monoisotopic (exact) mass is 675 g/mol. The summed E-state index contributed by atoms with van der Waals surface area (Å²) in [4.78, 5) is 55.4. The van der Waals surface area contributed by atoms with Crippen molar-refractivity contribution in [2.75, 3.05) is 39.6 Å². The fourth-order valence-electron chi connectivity index (χ4n) is 6.06. The summed E-state index contributed by atoms with van der Waals surface area (Å²) in [5, 5.41) is 17.7. The van der Waals surface area contributed by atoms with E-state index in [1.165, 1.54) is 0 Å². The number of nitrogens with zero attached hydrogens (tertiary/aromatic N) is 5. The number of pyridine rings is 2. The lowest BCUT2D eigenvalue weighted by molar-refractivity contribution is -0.189. The van der Waals surface area contributed by atoms with Gasteiger partial charge in [-0.25, -0.2) is 19.3 Å². The Morgan fingerprint density at radius 1 is 1.04 bits per heavy atom. The summed E-state index contributed by atoms with van der Waals surface area (Å²) < 4.78 is 30.4. The first kappa shape index (κ1) is 33.9. The molecule has 15 heteroatoms. The van der Waals surface area contributed by atoms with Crippen molar-refractivity contribution in [1.29, 1.82) is 0 Å². The Balaban J connectivity index is 1.03. The summed E-state index contributed by atoms with van der Waals surface area (Å²) in [7, 11) is 0. The van der Waals surface area contributed by atoms with Crippen molar-refractivity contribution >= 4 is 28.8 Å². The van der Waals surface area contributed by atoms with Crippen LogP contribution in [-0.2, 0) is 69.8 Å². The van der Waals surface area contributed by atoms with Crippen molar-refractivity contribution in [3.8, 4) is 11.4 Å². The second kappa shape index (κ2) is 15.1. The Morgan fingerprint density at radius 2 is 1.82 bits per heavy atom. The number of aryl methyl sites for hydroxylation is 1. The highest BCUT2D eigenvalue weighted by atomic mass is 16.6. The van der Waals surface area contributed by atoms with Crippen LogP contribution in [0.4, 0.5) is 0 Å². The average Bonchev–Trinajstić information content (AvgIpc) is 3.70. The number of cyclic esters (lactones) is 1. The van der Waals surface area contributed by atoms with Crippen LogP contribution in [0, 0.1) is 0 Å². The zero-order valence-electron chi connectivity index (χ0n) is 27.1. The fraction of sp³-hybridized carbons (Fsp3) is 0.441. The summed E-state index contributed by atoms with van der Waals surface area (Å²) in [6.45, 7) is 3.56. The second-order valence-corrected chi connectivity index (χ2v) is 11.7. The zero-order chi connectivity index (χ0) is 34.4. The lowest BCUT2D eigenvalue weighted by Gasteiger charge is -2.35. The third-order valence-corrected chi connectivity index (χ3v) is 8.51. The second-order valence-electron chi connectivity index (χ2n) is 11.7. The number of fused-ring (bicyclic) bond motifs is 5. The average molecular weight is 676 g/mol. The predicted octanol–water partition coefficient (Wildman–Crippen LogP) is 2.38. The van der Waals surface area contributed by atoms with Gasteiger partial charge < -0.3 is 33.4 Å². The molecule has 1 unspecified atom stereocenters. The number of ether oxygens (including phenoxy) is 5. The lowest BCUT2D eigenvalue weighted by Crippen LogP contribution is -2.47. The number of carbonyl (C=O) groups excluding carboxylic acids is 2. The summed E-state index contributed by atoms with van der Waals surface area (Å²) in [5.41, 5.74) is 2.23. The van der Waals surface area contributed by atoms with Crippen LogP contribution in [0.5, 0.6) is 0 Å². The first-order chi connectivity index (χ1) is 23.8. The molecule has 49 heavy (non-hydrogen) atoms. The number of benzene rings is 1. The third kappa shape index (κ3) is 7.38. The topological polar surface area (TPSA) is 183 Å². The molecular weight excluding hydrogens is 638 g/mol. The minimum atomic E-state index is -1.75. The number of hydrogen-bond donors (Lipinski definition) is 1. The van der Waals surface area contributed by atoms with E-state index in [0.717, 1.165) is 16.5 Å². The van der Waals surface area contributed by atoms with Crippen molar-refractivity contribution in [3.05, 3.63) is 75.3 Å². The molecule has 0 amide bonds. The highest BCUT2D eigenvalue weighted by molar-refractivity contribution is 5.88. The Kier molecular flexibility index (Phi) is 10.4. The molecular formula is C34H37N5O10. The zero-order valence-corrected chi connectivity index (χ0v) is 27.1. The SMILES string of the molecule is CCC1(OC(=O)CCCc2cn(CCOCCOCCOCC(=O)O)nn2)C(=O)OCc2c1cc1n(c2=O)Cc2cc3ccccc3nc2-1. The maximum atomic E-state index is 13.7. The van der Waals surface area contributed by atoms with Crippen molar-refractivity contribution in [2.24, 2.45) is 0 Å². The van der Waals surface area contributed by atoms with Gasteiger partial charge in [-0.05, 0) is 37.5 Å². The molecule has 0 fully saturated rings. The molecule has 258 valence electrons. The maximum absolute atomic E-state index is 13.7. The van der Waals surface area contributed by atoms with E-state index in [2.05, 4.69) is 10.3 Å². The van der Waals surface area contributed by atoms with Gasteiger partial charge in [-0.1, -0.05) is 30.3 Å². The number of rotatable bonds is 17. The van der Waals surface area contributed by atoms with Crippen molar-refractivity contribution < 1.29 is 43.2 Å². The predicted molar refractivity (Wildman–Crippen MR) is 171 cm³/mol. The molecule has 6 rings (SSSR count). The number of carboxylic acid groups (broad SMARTS) is 1. The van der Waals surface area contributed by atoms with Crippen molar-refractivity contribution in [3.63, 3.8) is 0 Å². The first-order valence-electron chi connectivity index (χ1n) is 16.2. The Labute approximate surface area is 280 Å². The largest absolute Gasteiger partial charge is 0.480 e. The van der Waals surface area contributed by atoms with Gasteiger partial charge in [0.25, 0.3) is 5.56 Å². The fourth-order valence-corrected chi connectivity index (χ4v) is 6.06. The van der Waals surface area contributed by atoms with Gasteiger partial charge in [-0.15, -0.1) is 5.10 Å². The highest BCUT2D eigenvalue weighted by Gasteiger charge is 2.50. The van der Waals surface area contributed by atoms with E-state index >= 15 is 0 Å². The molecule has 4 aromatic rings. The Hall–Kier alpha value is -4.99. The van der Waals surface area contributed by atoms with Crippen LogP contribution in [-0.4, -0.2) is 87.2 Å². The minimum Gasteiger partial charge on any atom is -0.480 e. The molecule has 0 saturated heterocycles. The van der Waals surface area contributed by atoms with Crippen LogP contribution in [0.25, 0.3) is 22.3 Å². The molecule has 0 radical (unpaired) electrons. The Morgan fingerprint density at radius 3 is 2.61 bits per heavy atom. The molecule has 1 atom stereocenters. The summed E-state index contributed by atoms with van der Waals surface area (Å²) in [5.74, 6) is -2.32. The number of carboxylic acids is 1. The molecule has 3 aromatic heterocycles. The van der Waals surface area contributed by atoms with E-state index < -0.39 is 23.5 Å². The molecule has 1 aromatic carbocycles. The molecule has 0 aliphatic carbocycles. The van der Waals surface area contributed by atoms with Gasteiger partial charge in [0.05, 0.1) is 74.3 Å². The van der Waals surface area contributed by atoms with Gasteiger partial charge in [0.1, 0.15) is 13.2 Å². The quantitative estimate of drug-likeness (QED) is 0.112. The van der Waals surface area contributed by atoms with Crippen LogP contribution in [0.15, 0.2) is 47.4 Å². The summed E-state index contributed by atoms with van der Waals surface area (Å²) in [6.07, 6.45) is 2.74. The maximum Gasteiger partial charge on any atom is 0.355 e. The standard InChI is InChI=1S/C34H37N5O10/c1-2-34(49-30(42)9-5-7-24-19-38(37-36-24)10-11-45-12-13-46-14-15-47-21-29(40)41)26-17-28-31-23(16-22-6-3-4-8-27(22)35-31)18-39(28)32(43)25(26)20-48-33(34)44/h3-4,6,8,16-17,19H,2,5,7,9-15,18,20-21H2,1H3,(H,40,41).